The number of allylic oxidation sites excluding steroid dienone is 1. The smallest absolute Gasteiger partial charge is 0.153 e. The summed E-state index contributed by atoms with van der Waals surface area (Å²) in [5, 5.41) is 0. The first-order chi connectivity index (χ1) is 5.75. The lowest BCUT2D eigenvalue weighted by atomic mass is 10.2. The minimum Gasteiger partial charge on any atom is -0.396 e. The van der Waals surface area contributed by atoms with Crippen LogP contribution in [0, 0.1) is 5.82 Å². The van der Waals surface area contributed by atoms with Gasteiger partial charge in [-0.2, -0.15) is 0 Å². The second-order valence-electron chi connectivity index (χ2n) is 2.25. The molecule has 0 atom stereocenters. The van der Waals surface area contributed by atoms with Crippen LogP contribution in [0.2, 0.25) is 0 Å². The molecule has 1 rings (SSSR count). The molecule has 12 heavy (non-hydrogen) atoms. The average molecular weight is 165 g/mol. The van der Waals surface area contributed by atoms with Crippen LogP contribution in [-0.2, 0) is 4.79 Å². The van der Waals surface area contributed by atoms with E-state index in [0.717, 1.165) is 0 Å². The number of benzene rings is 1. The molecule has 1 aromatic carbocycles. The second kappa shape index (κ2) is 3.67. The molecule has 62 valence electrons. The highest BCUT2D eigenvalue weighted by Gasteiger charge is 2.00. The highest BCUT2D eigenvalue weighted by molar-refractivity contribution is 5.74. The lowest BCUT2D eigenvalue weighted by molar-refractivity contribution is -0.104. The first kappa shape index (κ1) is 8.46. The monoisotopic (exact) mass is 165 g/mol. The molecule has 0 aliphatic heterocycles. The molecule has 0 amide bonds. The van der Waals surface area contributed by atoms with E-state index in [1.165, 1.54) is 18.2 Å². The Labute approximate surface area is 69.5 Å². The first-order valence-electron chi connectivity index (χ1n) is 3.41. The summed E-state index contributed by atoms with van der Waals surface area (Å²) in [5.74, 6) is -0.490. The number of carbonyl (C=O) groups excluding carboxylic acids is 1. The standard InChI is InChI=1S/C9H8FNO/c10-9-7(4-2-6-12)3-1-5-8(9)11/h1-6H,11H2. The molecule has 0 spiro atoms. The van der Waals surface area contributed by atoms with E-state index in [0.29, 0.717) is 11.8 Å². The SMILES string of the molecule is Nc1cccc(C=CC=O)c1F. The Morgan fingerprint density at radius 3 is 2.83 bits per heavy atom. The van der Waals surface area contributed by atoms with Crippen LogP contribution in [0.4, 0.5) is 10.1 Å². The highest BCUT2D eigenvalue weighted by atomic mass is 19.1. The van der Waals surface area contributed by atoms with Gasteiger partial charge < -0.3 is 5.73 Å². The molecule has 0 unspecified atom stereocenters. The quantitative estimate of drug-likeness (QED) is 0.411. The molecular weight excluding hydrogens is 157 g/mol. The van der Waals surface area contributed by atoms with E-state index in [2.05, 4.69) is 0 Å². The van der Waals surface area contributed by atoms with Gasteiger partial charge in [0.15, 0.2) is 5.82 Å². The van der Waals surface area contributed by atoms with Crippen molar-refractivity contribution in [2.24, 2.45) is 0 Å². The van der Waals surface area contributed by atoms with Crippen LogP contribution in [0.15, 0.2) is 24.3 Å². The molecular formula is C9H8FNO. The average Bonchev–Trinajstić information content (AvgIpc) is 2.08. The molecule has 0 saturated heterocycles. The highest BCUT2D eigenvalue weighted by Crippen LogP contribution is 2.15. The fourth-order valence-electron chi connectivity index (χ4n) is 0.840. The maximum atomic E-state index is 13.0. The number of hydrogen-bond donors (Lipinski definition) is 1. The van der Waals surface area contributed by atoms with E-state index >= 15 is 0 Å². The maximum Gasteiger partial charge on any atom is 0.153 e. The molecule has 1 aromatic rings. The maximum absolute atomic E-state index is 13.0. The van der Waals surface area contributed by atoms with Gasteiger partial charge in [0.05, 0.1) is 5.69 Å². The fraction of sp³-hybridized carbons (Fsp3) is 0. The normalized spacial score (nSPS) is 10.4. The van der Waals surface area contributed by atoms with Crippen LogP contribution in [0.3, 0.4) is 0 Å². The van der Waals surface area contributed by atoms with Crippen LogP contribution >= 0.6 is 0 Å². The van der Waals surface area contributed by atoms with Crippen molar-refractivity contribution in [1.29, 1.82) is 0 Å². The summed E-state index contributed by atoms with van der Waals surface area (Å²) in [7, 11) is 0. The van der Waals surface area contributed by atoms with Crippen LogP contribution < -0.4 is 5.73 Å². The van der Waals surface area contributed by atoms with E-state index in [1.807, 2.05) is 0 Å². The van der Waals surface area contributed by atoms with E-state index in [-0.39, 0.29) is 5.69 Å². The van der Waals surface area contributed by atoms with Crippen LogP contribution in [-0.4, -0.2) is 6.29 Å². The summed E-state index contributed by atoms with van der Waals surface area (Å²) < 4.78 is 13.0. The van der Waals surface area contributed by atoms with Gasteiger partial charge in [-0.05, 0) is 18.2 Å². The van der Waals surface area contributed by atoms with Gasteiger partial charge >= 0.3 is 0 Å². The van der Waals surface area contributed by atoms with Crippen molar-refractivity contribution in [2.45, 2.75) is 0 Å². The zero-order valence-electron chi connectivity index (χ0n) is 6.33. The summed E-state index contributed by atoms with van der Waals surface area (Å²) in [4.78, 5) is 9.93. The lowest BCUT2D eigenvalue weighted by Crippen LogP contribution is -1.92. The summed E-state index contributed by atoms with van der Waals surface area (Å²) in [6.45, 7) is 0. The number of nitrogens with two attached hydrogens (primary N) is 1. The van der Waals surface area contributed by atoms with Crippen LogP contribution in [0.25, 0.3) is 6.08 Å². The molecule has 0 aromatic heterocycles. The minimum absolute atomic E-state index is 0.0862. The van der Waals surface area contributed by atoms with Crippen molar-refractivity contribution in [3.63, 3.8) is 0 Å². The van der Waals surface area contributed by atoms with E-state index < -0.39 is 5.82 Å². The molecule has 2 N–H and O–H groups in total. The third kappa shape index (κ3) is 1.69. The minimum atomic E-state index is -0.490. The van der Waals surface area contributed by atoms with Gasteiger partial charge in [-0.15, -0.1) is 0 Å². The Morgan fingerprint density at radius 2 is 2.17 bits per heavy atom. The summed E-state index contributed by atoms with van der Waals surface area (Å²) >= 11 is 0. The summed E-state index contributed by atoms with van der Waals surface area (Å²) in [5.41, 5.74) is 5.70. The van der Waals surface area contributed by atoms with Gasteiger partial charge in [-0.1, -0.05) is 12.1 Å². The van der Waals surface area contributed by atoms with Gasteiger partial charge in [-0.3, -0.25) is 4.79 Å². The van der Waals surface area contributed by atoms with Gasteiger partial charge in [0.1, 0.15) is 6.29 Å². The van der Waals surface area contributed by atoms with E-state index in [9.17, 15) is 9.18 Å². The van der Waals surface area contributed by atoms with Gasteiger partial charge in [0.25, 0.3) is 0 Å². The van der Waals surface area contributed by atoms with Crippen molar-refractivity contribution in [3.05, 3.63) is 35.7 Å². The largest absolute Gasteiger partial charge is 0.396 e. The molecule has 2 nitrogen and oxygen atoms in total. The topological polar surface area (TPSA) is 43.1 Å². The van der Waals surface area contributed by atoms with E-state index in [1.54, 1.807) is 12.1 Å². The number of aldehydes is 1. The Morgan fingerprint density at radius 1 is 1.42 bits per heavy atom. The number of rotatable bonds is 2. The van der Waals surface area contributed by atoms with Crippen molar-refractivity contribution < 1.29 is 9.18 Å². The van der Waals surface area contributed by atoms with Crippen molar-refractivity contribution >= 4 is 18.0 Å². The molecule has 0 bridgehead atoms. The molecule has 0 aliphatic carbocycles. The zero-order valence-corrected chi connectivity index (χ0v) is 6.33. The van der Waals surface area contributed by atoms with Gasteiger partial charge in [0.2, 0.25) is 0 Å². The van der Waals surface area contributed by atoms with Gasteiger partial charge in [0, 0.05) is 5.56 Å². The predicted molar refractivity (Wildman–Crippen MR) is 45.9 cm³/mol. The third-order valence-electron chi connectivity index (χ3n) is 1.41. The van der Waals surface area contributed by atoms with Crippen molar-refractivity contribution in [3.8, 4) is 0 Å². The van der Waals surface area contributed by atoms with Crippen molar-refractivity contribution in [2.75, 3.05) is 5.73 Å². The molecule has 0 heterocycles. The van der Waals surface area contributed by atoms with E-state index in [4.69, 9.17) is 5.73 Å². The van der Waals surface area contributed by atoms with Crippen molar-refractivity contribution in [1.82, 2.24) is 0 Å². The number of hydrogen-bond acceptors (Lipinski definition) is 2. The third-order valence-corrected chi connectivity index (χ3v) is 1.41. The molecule has 0 aliphatic rings. The molecule has 0 saturated carbocycles. The Balaban J connectivity index is 3.07. The zero-order chi connectivity index (χ0) is 8.97. The predicted octanol–water partition coefficient (Wildman–Crippen LogP) is 1.62. The number of anilines is 1. The first-order valence-corrected chi connectivity index (χ1v) is 3.41. The Bertz CT molecular complexity index is 320. The molecule has 0 fully saturated rings. The Kier molecular flexibility index (Phi) is 2.58. The lowest BCUT2D eigenvalue weighted by Gasteiger charge is -1.98. The number of halogens is 1. The number of carbonyl (C=O) groups is 1. The van der Waals surface area contributed by atoms with Crippen LogP contribution in [0.1, 0.15) is 5.56 Å². The summed E-state index contributed by atoms with van der Waals surface area (Å²) in [6.07, 6.45) is 3.18. The fourth-order valence-corrected chi connectivity index (χ4v) is 0.840. The Hall–Kier alpha value is -1.64. The van der Waals surface area contributed by atoms with Crippen LogP contribution in [0.5, 0.6) is 0 Å². The second-order valence-corrected chi connectivity index (χ2v) is 2.25. The molecule has 0 radical (unpaired) electrons. The van der Waals surface area contributed by atoms with Gasteiger partial charge in [-0.25, -0.2) is 4.39 Å². The number of nitrogen functional groups attached to an aromatic ring is 1. The summed E-state index contributed by atoms with van der Waals surface area (Å²) in [6, 6.07) is 4.64. The molecule has 3 heteroatoms.